The summed E-state index contributed by atoms with van der Waals surface area (Å²) >= 11 is 0. The van der Waals surface area contributed by atoms with Crippen LogP contribution in [0.15, 0.2) is 0 Å². The molecule has 1 fully saturated rings. The second kappa shape index (κ2) is 3.46. The lowest BCUT2D eigenvalue weighted by molar-refractivity contribution is -0.185. The van der Waals surface area contributed by atoms with Crippen molar-refractivity contribution in [2.75, 3.05) is 6.61 Å². The van der Waals surface area contributed by atoms with Crippen molar-refractivity contribution >= 4 is 0 Å². The molecule has 11 heavy (non-hydrogen) atoms. The minimum Gasteiger partial charge on any atom is -0.385 e. The molecule has 5 heteroatoms. The molecule has 0 radical (unpaired) electrons. The van der Waals surface area contributed by atoms with Gasteiger partial charge in [0, 0.05) is 6.61 Å². The van der Waals surface area contributed by atoms with Crippen LogP contribution in [0.3, 0.4) is 0 Å². The van der Waals surface area contributed by atoms with Gasteiger partial charge in [0.2, 0.25) is 0 Å². The highest BCUT2D eigenvalue weighted by molar-refractivity contribution is 4.80. The lowest BCUT2D eigenvalue weighted by Crippen LogP contribution is -2.35. The van der Waals surface area contributed by atoms with Gasteiger partial charge in [0.15, 0.2) is 12.6 Å². The summed E-state index contributed by atoms with van der Waals surface area (Å²) < 4.78 is 9.39. The minimum absolute atomic E-state index is 0.356. The highest BCUT2D eigenvalue weighted by Gasteiger charge is 2.42. The topological polar surface area (TPSA) is 79.2 Å². The van der Waals surface area contributed by atoms with Gasteiger partial charge in [-0.25, -0.2) is 0 Å². The largest absolute Gasteiger partial charge is 0.385 e. The fourth-order valence-corrected chi connectivity index (χ4v) is 1.01. The van der Waals surface area contributed by atoms with E-state index in [4.69, 9.17) is 20.1 Å². The van der Waals surface area contributed by atoms with Crippen LogP contribution >= 0.6 is 0 Å². The zero-order valence-electron chi connectivity index (χ0n) is 6.17. The summed E-state index contributed by atoms with van der Waals surface area (Å²) in [5.41, 5.74) is 0. The van der Waals surface area contributed by atoms with Crippen LogP contribution in [0.1, 0.15) is 6.92 Å². The Kier molecular flexibility index (Phi) is 2.80. The first kappa shape index (κ1) is 8.89. The molecule has 0 bridgehead atoms. The van der Waals surface area contributed by atoms with Gasteiger partial charge >= 0.3 is 0 Å². The third-order valence-corrected chi connectivity index (χ3v) is 1.55. The molecule has 0 aromatic rings. The Balaban J connectivity index is 2.49. The van der Waals surface area contributed by atoms with E-state index in [0.717, 1.165) is 0 Å². The van der Waals surface area contributed by atoms with Crippen molar-refractivity contribution in [3.63, 3.8) is 0 Å². The SMILES string of the molecule is CCOC1C(O)OC(O)C1O. The summed E-state index contributed by atoms with van der Waals surface area (Å²) in [6, 6.07) is 0. The Morgan fingerprint density at radius 1 is 1.27 bits per heavy atom. The molecule has 1 rings (SSSR count). The lowest BCUT2D eigenvalue weighted by Gasteiger charge is -2.15. The van der Waals surface area contributed by atoms with Crippen LogP contribution in [0, 0.1) is 0 Å². The maximum absolute atomic E-state index is 9.10. The Morgan fingerprint density at radius 3 is 2.27 bits per heavy atom. The van der Waals surface area contributed by atoms with E-state index in [1.165, 1.54) is 0 Å². The molecule has 0 amide bonds. The molecule has 3 N–H and O–H groups in total. The van der Waals surface area contributed by atoms with Gasteiger partial charge in [0.1, 0.15) is 12.2 Å². The number of rotatable bonds is 2. The minimum atomic E-state index is -1.35. The first-order valence-electron chi connectivity index (χ1n) is 3.48. The van der Waals surface area contributed by atoms with Crippen LogP contribution in [0.2, 0.25) is 0 Å². The first-order chi connectivity index (χ1) is 5.16. The number of aliphatic hydroxyl groups is 3. The lowest BCUT2D eigenvalue weighted by atomic mass is 10.2. The zero-order chi connectivity index (χ0) is 8.43. The average molecular weight is 164 g/mol. The van der Waals surface area contributed by atoms with E-state index in [1.54, 1.807) is 6.92 Å². The van der Waals surface area contributed by atoms with Gasteiger partial charge in [0.25, 0.3) is 0 Å². The Bertz CT molecular complexity index is 128. The van der Waals surface area contributed by atoms with E-state index in [9.17, 15) is 0 Å². The highest BCUT2D eigenvalue weighted by atomic mass is 16.7. The average Bonchev–Trinajstić information content (AvgIpc) is 2.17. The molecular formula is C6H12O5. The van der Waals surface area contributed by atoms with Crippen molar-refractivity contribution in [3.05, 3.63) is 0 Å². The van der Waals surface area contributed by atoms with Crippen molar-refractivity contribution in [1.29, 1.82) is 0 Å². The predicted octanol–water partition coefficient (Wildman–Crippen LogP) is -1.58. The van der Waals surface area contributed by atoms with E-state index in [0.29, 0.717) is 6.61 Å². The fraction of sp³-hybridized carbons (Fsp3) is 1.00. The summed E-state index contributed by atoms with van der Waals surface area (Å²) in [5.74, 6) is 0. The van der Waals surface area contributed by atoms with Crippen LogP contribution < -0.4 is 0 Å². The molecular weight excluding hydrogens is 152 g/mol. The molecule has 0 saturated carbocycles. The molecule has 0 aromatic heterocycles. The third kappa shape index (κ3) is 1.69. The van der Waals surface area contributed by atoms with E-state index in [1.807, 2.05) is 0 Å². The van der Waals surface area contributed by atoms with E-state index in [2.05, 4.69) is 4.74 Å². The maximum atomic E-state index is 9.10. The molecule has 1 aliphatic heterocycles. The molecule has 1 aliphatic rings. The van der Waals surface area contributed by atoms with Crippen molar-refractivity contribution in [2.24, 2.45) is 0 Å². The smallest absolute Gasteiger partial charge is 0.187 e. The Labute approximate surface area is 64.2 Å². The van der Waals surface area contributed by atoms with E-state index < -0.39 is 24.8 Å². The van der Waals surface area contributed by atoms with Gasteiger partial charge in [-0.15, -0.1) is 0 Å². The van der Waals surface area contributed by atoms with Gasteiger partial charge in [0.05, 0.1) is 0 Å². The highest BCUT2D eigenvalue weighted by Crippen LogP contribution is 2.20. The van der Waals surface area contributed by atoms with Gasteiger partial charge in [-0.2, -0.15) is 0 Å². The maximum Gasteiger partial charge on any atom is 0.187 e. The summed E-state index contributed by atoms with van der Waals surface area (Å²) in [5, 5.41) is 26.9. The monoisotopic (exact) mass is 164 g/mol. The Morgan fingerprint density at radius 2 is 1.91 bits per heavy atom. The van der Waals surface area contributed by atoms with Crippen molar-refractivity contribution in [1.82, 2.24) is 0 Å². The molecule has 0 aromatic carbocycles. The summed E-state index contributed by atoms with van der Waals surface area (Å²) in [4.78, 5) is 0. The molecule has 0 spiro atoms. The van der Waals surface area contributed by atoms with Crippen molar-refractivity contribution in [3.8, 4) is 0 Å². The van der Waals surface area contributed by atoms with Crippen LogP contribution in [-0.4, -0.2) is 46.7 Å². The van der Waals surface area contributed by atoms with Gasteiger partial charge in [-0.1, -0.05) is 0 Å². The molecule has 66 valence electrons. The summed E-state index contributed by atoms with van der Waals surface area (Å²) in [7, 11) is 0. The summed E-state index contributed by atoms with van der Waals surface area (Å²) in [6.45, 7) is 2.08. The second-order valence-electron chi connectivity index (χ2n) is 2.33. The van der Waals surface area contributed by atoms with Crippen LogP contribution in [0.4, 0.5) is 0 Å². The van der Waals surface area contributed by atoms with Gasteiger partial charge in [-0.05, 0) is 6.92 Å². The fourth-order valence-electron chi connectivity index (χ4n) is 1.01. The van der Waals surface area contributed by atoms with Gasteiger partial charge < -0.3 is 24.8 Å². The van der Waals surface area contributed by atoms with E-state index in [-0.39, 0.29) is 0 Å². The normalized spacial score (nSPS) is 44.7. The first-order valence-corrected chi connectivity index (χ1v) is 3.48. The van der Waals surface area contributed by atoms with Crippen LogP contribution in [0.5, 0.6) is 0 Å². The molecule has 4 unspecified atom stereocenters. The standard InChI is InChI=1S/C6H12O5/c1-2-10-4-3(7)5(8)11-6(4)9/h3-9H,2H2,1H3. The molecule has 1 saturated heterocycles. The van der Waals surface area contributed by atoms with Crippen LogP contribution in [-0.2, 0) is 9.47 Å². The zero-order valence-corrected chi connectivity index (χ0v) is 6.17. The molecule has 4 atom stereocenters. The third-order valence-electron chi connectivity index (χ3n) is 1.55. The van der Waals surface area contributed by atoms with E-state index >= 15 is 0 Å². The summed E-state index contributed by atoms with van der Waals surface area (Å²) in [6.07, 6.45) is -4.58. The number of ether oxygens (including phenoxy) is 2. The molecule has 5 nitrogen and oxygen atoms in total. The van der Waals surface area contributed by atoms with Crippen LogP contribution in [0.25, 0.3) is 0 Å². The second-order valence-corrected chi connectivity index (χ2v) is 2.33. The quantitative estimate of drug-likeness (QED) is 0.459. The predicted molar refractivity (Wildman–Crippen MR) is 34.5 cm³/mol. The van der Waals surface area contributed by atoms with Gasteiger partial charge in [-0.3, -0.25) is 0 Å². The Hall–Kier alpha value is -0.200. The number of aliphatic hydroxyl groups excluding tert-OH is 3. The molecule has 0 aliphatic carbocycles. The number of hydrogen-bond acceptors (Lipinski definition) is 5. The molecule has 1 heterocycles. The number of hydrogen-bond donors (Lipinski definition) is 3. The van der Waals surface area contributed by atoms with Crippen molar-refractivity contribution < 1.29 is 24.8 Å². The van der Waals surface area contributed by atoms with Crippen molar-refractivity contribution in [2.45, 2.75) is 31.7 Å².